The van der Waals surface area contributed by atoms with Gasteiger partial charge in [0.1, 0.15) is 9.88 Å². The number of halogens is 1. The Kier molecular flexibility index (Phi) is 4.72. The van der Waals surface area contributed by atoms with Crippen molar-refractivity contribution in [3.63, 3.8) is 0 Å². The number of rotatable bonds is 4. The summed E-state index contributed by atoms with van der Waals surface area (Å²) in [5.41, 5.74) is 6.01. The molecule has 0 amide bonds. The van der Waals surface area contributed by atoms with Crippen LogP contribution in [0.3, 0.4) is 0 Å². The maximum absolute atomic E-state index is 12.3. The van der Waals surface area contributed by atoms with Gasteiger partial charge in [-0.2, -0.15) is 4.31 Å². The zero-order chi connectivity index (χ0) is 14.1. The zero-order valence-electron chi connectivity index (χ0n) is 10.3. The van der Waals surface area contributed by atoms with Gasteiger partial charge in [0, 0.05) is 18.7 Å². The van der Waals surface area contributed by atoms with Crippen LogP contribution in [0.25, 0.3) is 0 Å². The Hall–Kier alpha value is -0.690. The van der Waals surface area contributed by atoms with Crippen LogP contribution in [-0.2, 0) is 10.0 Å². The van der Waals surface area contributed by atoms with Crippen molar-refractivity contribution < 1.29 is 8.42 Å². The fourth-order valence-corrected chi connectivity index (χ4v) is 3.31. The fraction of sp³-hybridized carbons (Fsp3) is 0.364. The molecule has 0 aliphatic rings. The highest BCUT2D eigenvalue weighted by Crippen LogP contribution is 2.26. The molecule has 0 heterocycles. The van der Waals surface area contributed by atoms with Crippen LogP contribution in [0, 0.1) is 0 Å². The highest BCUT2D eigenvalue weighted by Gasteiger charge is 2.25. The molecule has 1 rings (SSSR count). The summed E-state index contributed by atoms with van der Waals surface area (Å²) < 4.78 is 25.8. The average molecular weight is 307 g/mol. The van der Waals surface area contributed by atoms with Crippen LogP contribution >= 0.6 is 23.8 Å². The van der Waals surface area contributed by atoms with Gasteiger partial charge >= 0.3 is 0 Å². The van der Waals surface area contributed by atoms with E-state index in [9.17, 15) is 8.42 Å². The lowest BCUT2D eigenvalue weighted by Gasteiger charge is -2.21. The van der Waals surface area contributed by atoms with Gasteiger partial charge in [-0.05, 0) is 26.0 Å². The molecular weight excluding hydrogens is 292 g/mol. The number of hydrogen-bond acceptors (Lipinski definition) is 3. The normalized spacial score (nSPS) is 12.1. The fourth-order valence-electron chi connectivity index (χ4n) is 1.30. The molecule has 0 spiro atoms. The second kappa shape index (κ2) is 5.52. The molecule has 100 valence electrons. The minimum atomic E-state index is -3.59. The molecule has 7 heteroatoms. The first kappa shape index (κ1) is 15.4. The van der Waals surface area contributed by atoms with Crippen LogP contribution in [-0.4, -0.2) is 30.8 Å². The first-order valence-corrected chi connectivity index (χ1v) is 7.48. The second-order valence-corrected chi connectivity index (χ2v) is 6.94. The number of benzene rings is 1. The van der Waals surface area contributed by atoms with Crippen LogP contribution in [0.5, 0.6) is 0 Å². The average Bonchev–Trinajstić information content (AvgIpc) is 2.27. The summed E-state index contributed by atoms with van der Waals surface area (Å²) in [5.74, 6) is 0. The Balaban J connectivity index is 3.31. The van der Waals surface area contributed by atoms with Gasteiger partial charge in [-0.25, -0.2) is 8.42 Å². The van der Waals surface area contributed by atoms with E-state index in [1.54, 1.807) is 19.9 Å². The first-order valence-electron chi connectivity index (χ1n) is 5.25. The highest BCUT2D eigenvalue weighted by molar-refractivity contribution is 7.89. The van der Waals surface area contributed by atoms with Crippen LogP contribution < -0.4 is 5.73 Å². The summed E-state index contributed by atoms with van der Waals surface area (Å²) in [7, 11) is -2.08. The van der Waals surface area contributed by atoms with Gasteiger partial charge in [0.15, 0.2) is 0 Å². The van der Waals surface area contributed by atoms with E-state index in [1.807, 2.05) is 0 Å². The van der Waals surface area contributed by atoms with Crippen LogP contribution in [0.4, 0.5) is 0 Å². The lowest BCUT2D eigenvalue weighted by Crippen LogP contribution is -2.33. The summed E-state index contributed by atoms with van der Waals surface area (Å²) >= 11 is 10.8. The summed E-state index contributed by atoms with van der Waals surface area (Å²) in [6, 6.07) is 4.28. The van der Waals surface area contributed by atoms with Crippen molar-refractivity contribution in [1.29, 1.82) is 0 Å². The van der Waals surface area contributed by atoms with E-state index < -0.39 is 10.0 Å². The number of nitrogens with two attached hydrogens (primary N) is 1. The summed E-state index contributed by atoms with van der Waals surface area (Å²) in [4.78, 5) is 0.235. The Bertz CT molecular complexity index is 570. The molecule has 0 aromatic heterocycles. The van der Waals surface area contributed by atoms with Gasteiger partial charge in [0.25, 0.3) is 0 Å². The summed E-state index contributed by atoms with van der Waals surface area (Å²) in [6.07, 6.45) is 0. The Labute approximate surface area is 118 Å². The van der Waals surface area contributed by atoms with Crippen LogP contribution in [0.1, 0.15) is 19.4 Å². The van der Waals surface area contributed by atoms with Crippen molar-refractivity contribution in [3.8, 4) is 0 Å². The maximum atomic E-state index is 12.3. The minimum absolute atomic E-state index is 0.0559. The SMILES string of the molecule is CC(C)N(C)S(=O)(=O)c1ccc(C(N)=S)cc1Cl. The minimum Gasteiger partial charge on any atom is -0.389 e. The zero-order valence-corrected chi connectivity index (χ0v) is 12.7. The summed E-state index contributed by atoms with van der Waals surface area (Å²) in [5, 5.41) is 0.118. The van der Waals surface area contributed by atoms with Gasteiger partial charge in [-0.15, -0.1) is 0 Å². The van der Waals surface area contributed by atoms with Crippen molar-refractivity contribution in [2.24, 2.45) is 5.73 Å². The van der Waals surface area contributed by atoms with E-state index in [1.165, 1.54) is 23.5 Å². The monoisotopic (exact) mass is 306 g/mol. The predicted molar refractivity (Wildman–Crippen MR) is 77.4 cm³/mol. The molecule has 1 aromatic carbocycles. The third kappa shape index (κ3) is 3.00. The molecule has 0 aliphatic heterocycles. The molecule has 2 N–H and O–H groups in total. The molecule has 0 radical (unpaired) electrons. The quantitative estimate of drug-likeness (QED) is 0.864. The van der Waals surface area contributed by atoms with E-state index in [0.717, 1.165) is 0 Å². The second-order valence-electron chi connectivity index (χ2n) is 4.12. The maximum Gasteiger partial charge on any atom is 0.244 e. The molecule has 18 heavy (non-hydrogen) atoms. The lowest BCUT2D eigenvalue weighted by atomic mass is 10.2. The predicted octanol–water partition coefficient (Wildman–Crippen LogP) is 2.00. The van der Waals surface area contributed by atoms with E-state index in [4.69, 9.17) is 29.6 Å². The first-order chi connectivity index (χ1) is 8.17. The van der Waals surface area contributed by atoms with E-state index in [2.05, 4.69) is 0 Å². The van der Waals surface area contributed by atoms with E-state index >= 15 is 0 Å². The van der Waals surface area contributed by atoms with Crippen molar-refractivity contribution >= 4 is 38.8 Å². The molecule has 0 aliphatic carbocycles. The third-order valence-corrected chi connectivity index (χ3v) is 5.35. The Morgan fingerprint density at radius 3 is 2.39 bits per heavy atom. The molecule has 0 saturated heterocycles. The number of sulfonamides is 1. The standard InChI is InChI=1S/C11H15ClN2O2S2/c1-7(2)14(3)18(15,16)10-5-4-8(11(13)17)6-9(10)12/h4-7H,1-3H3,(H2,13,17). The molecule has 1 aromatic rings. The summed E-state index contributed by atoms with van der Waals surface area (Å²) in [6.45, 7) is 3.57. The van der Waals surface area contributed by atoms with Crippen molar-refractivity contribution in [1.82, 2.24) is 4.31 Å². The molecular formula is C11H15ClN2O2S2. The van der Waals surface area contributed by atoms with Gasteiger partial charge in [-0.3, -0.25) is 0 Å². The van der Waals surface area contributed by atoms with Gasteiger partial charge in [0.05, 0.1) is 5.02 Å². The number of nitrogens with zero attached hydrogens (tertiary/aromatic N) is 1. The highest BCUT2D eigenvalue weighted by atomic mass is 35.5. The van der Waals surface area contributed by atoms with E-state index in [0.29, 0.717) is 5.56 Å². The van der Waals surface area contributed by atoms with Gasteiger partial charge in [-0.1, -0.05) is 29.9 Å². The molecule has 0 unspecified atom stereocenters. The molecule has 0 atom stereocenters. The Morgan fingerprint density at radius 1 is 1.44 bits per heavy atom. The lowest BCUT2D eigenvalue weighted by molar-refractivity contribution is 0.410. The van der Waals surface area contributed by atoms with Gasteiger partial charge < -0.3 is 5.73 Å². The molecule has 0 fully saturated rings. The van der Waals surface area contributed by atoms with Crippen LogP contribution in [0.15, 0.2) is 23.1 Å². The number of hydrogen-bond donors (Lipinski definition) is 1. The topological polar surface area (TPSA) is 63.4 Å². The van der Waals surface area contributed by atoms with E-state index in [-0.39, 0.29) is 20.9 Å². The molecule has 0 saturated carbocycles. The smallest absolute Gasteiger partial charge is 0.244 e. The largest absolute Gasteiger partial charge is 0.389 e. The third-order valence-electron chi connectivity index (χ3n) is 2.60. The van der Waals surface area contributed by atoms with Crippen molar-refractivity contribution in [2.45, 2.75) is 24.8 Å². The van der Waals surface area contributed by atoms with Crippen molar-refractivity contribution in [3.05, 3.63) is 28.8 Å². The molecule has 0 bridgehead atoms. The number of thiocarbonyl (C=S) groups is 1. The van der Waals surface area contributed by atoms with Crippen LogP contribution in [0.2, 0.25) is 5.02 Å². The van der Waals surface area contributed by atoms with Gasteiger partial charge in [0.2, 0.25) is 10.0 Å². The molecule has 4 nitrogen and oxygen atoms in total. The van der Waals surface area contributed by atoms with Crippen molar-refractivity contribution in [2.75, 3.05) is 7.05 Å². The Morgan fingerprint density at radius 2 is 2.00 bits per heavy atom.